The number of aromatic nitrogens is 4. The van der Waals surface area contributed by atoms with Gasteiger partial charge < -0.3 is 29.2 Å². The van der Waals surface area contributed by atoms with Crippen molar-refractivity contribution in [2.45, 2.75) is 89.1 Å². The van der Waals surface area contributed by atoms with Crippen molar-refractivity contribution in [3.05, 3.63) is 41.9 Å². The molecule has 224 valence electrons. The van der Waals surface area contributed by atoms with Crippen molar-refractivity contribution in [3.8, 4) is 0 Å². The first-order valence-corrected chi connectivity index (χ1v) is 15.0. The van der Waals surface area contributed by atoms with Crippen LogP contribution in [0.15, 0.2) is 30.6 Å². The predicted molar refractivity (Wildman–Crippen MR) is 159 cm³/mol. The van der Waals surface area contributed by atoms with Crippen LogP contribution in [0.1, 0.15) is 87.3 Å². The molecule has 0 atom stereocenters. The number of nitrogens with one attached hydrogen (secondary N) is 1. The van der Waals surface area contributed by atoms with Gasteiger partial charge in [0, 0.05) is 37.9 Å². The van der Waals surface area contributed by atoms with E-state index < -0.39 is 5.60 Å². The van der Waals surface area contributed by atoms with Crippen molar-refractivity contribution in [1.82, 2.24) is 29.3 Å². The van der Waals surface area contributed by atoms with Gasteiger partial charge in [0.25, 0.3) is 5.91 Å². The van der Waals surface area contributed by atoms with E-state index in [0.29, 0.717) is 36.5 Å². The van der Waals surface area contributed by atoms with Gasteiger partial charge in [-0.05, 0) is 70.1 Å². The van der Waals surface area contributed by atoms with Crippen molar-refractivity contribution in [1.29, 1.82) is 0 Å². The summed E-state index contributed by atoms with van der Waals surface area (Å²) in [5.41, 5.74) is 2.14. The number of rotatable bonds is 7. The van der Waals surface area contributed by atoms with E-state index in [0.717, 1.165) is 49.6 Å². The molecule has 11 nitrogen and oxygen atoms in total. The first kappa shape index (κ1) is 28.4. The van der Waals surface area contributed by atoms with E-state index in [1.165, 1.54) is 5.56 Å². The molecule has 0 bridgehead atoms. The number of anilines is 2. The third kappa shape index (κ3) is 5.92. The van der Waals surface area contributed by atoms with Crippen molar-refractivity contribution in [3.63, 3.8) is 0 Å². The Hall–Kier alpha value is -3.73. The molecule has 2 amide bonds. The predicted octanol–water partition coefficient (Wildman–Crippen LogP) is 5.27. The molecule has 0 unspecified atom stereocenters. The van der Waals surface area contributed by atoms with Gasteiger partial charge in [0.05, 0.1) is 25.3 Å². The van der Waals surface area contributed by atoms with Crippen molar-refractivity contribution in [2.75, 3.05) is 32.5 Å². The number of carbonyl (C=O) groups is 2. The Kier molecular flexibility index (Phi) is 7.55. The molecule has 4 heterocycles. The topological polar surface area (TPSA) is 115 Å². The van der Waals surface area contributed by atoms with Crippen LogP contribution in [0.25, 0.3) is 11.0 Å². The minimum Gasteiger partial charge on any atom is -0.444 e. The SMILES string of the molecule is CN(C)C(=O)c1cc2cnc(Nc3ccc(C4CC(OC5CN(C(=O)OC(C)(C)C)C5)C4)cn3)nc2n1C1CCCC1. The lowest BCUT2D eigenvalue weighted by atomic mass is 9.78. The normalized spacial score (nSPS) is 21.2. The summed E-state index contributed by atoms with van der Waals surface area (Å²) >= 11 is 0. The molecule has 3 aromatic rings. The number of hydrogen-bond donors (Lipinski definition) is 1. The molecule has 2 saturated carbocycles. The summed E-state index contributed by atoms with van der Waals surface area (Å²) in [4.78, 5) is 42.4. The monoisotopic (exact) mass is 575 g/mol. The number of fused-ring (bicyclic) bond motifs is 1. The summed E-state index contributed by atoms with van der Waals surface area (Å²) in [6.45, 7) is 6.80. The summed E-state index contributed by atoms with van der Waals surface area (Å²) in [6.07, 6.45) is 10.0. The van der Waals surface area contributed by atoms with Crippen LogP contribution < -0.4 is 5.32 Å². The third-order valence-corrected chi connectivity index (χ3v) is 8.37. The lowest BCUT2D eigenvalue weighted by molar-refractivity contribution is -0.119. The van der Waals surface area contributed by atoms with Crippen LogP contribution in [0.4, 0.5) is 16.6 Å². The fraction of sp³-hybridized carbons (Fsp3) is 0.581. The average Bonchev–Trinajstić information content (AvgIpc) is 3.53. The van der Waals surface area contributed by atoms with Crippen LogP contribution >= 0.6 is 0 Å². The second-order valence-corrected chi connectivity index (χ2v) is 13.0. The number of carbonyl (C=O) groups excluding carboxylic acids is 2. The number of nitrogens with zero attached hydrogens (tertiary/aromatic N) is 6. The molecule has 42 heavy (non-hydrogen) atoms. The smallest absolute Gasteiger partial charge is 0.410 e. The molecule has 0 spiro atoms. The maximum Gasteiger partial charge on any atom is 0.410 e. The van der Waals surface area contributed by atoms with Crippen molar-refractivity contribution in [2.24, 2.45) is 0 Å². The lowest BCUT2D eigenvalue weighted by Crippen LogP contribution is -2.57. The molecule has 2 aliphatic carbocycles. The van der Waals surface area contributed by atoms with E-state index >= 15 is 0 Å². The molecule has 3 fully saturated rings. The van der Waals surface area contributed by atoms with E-state index in [2.05, 4.69) is 25.9 Å². The van der Waals surface area contributed by atoms with Gasteiger partial charge in [0.15, 0.2) is 0 Å². The van der Waals surface area contributed by atoms with Gasteiger partial charge in [0.2, 0.25) is 5.95 Å². The van der Waals surface area contributed by atoms with E-state index in [1.807, 2.05) is 39.1 Å². The molecule has 11 heteroatoms. The van der Waals surface area contributed by atoms with Gasteiger partial charge in [-0.2, -0.15) is 4.98 Å². The quantitative estimate of drug-likeness (QED) is 0.405. The number of hydrogen-bond acceptors (Lipinski definition) is 8. The van der Waals surface area contributed by atoms with Gasteiger partial charge in [-0.3, -0.25) is 4.79 Å². The minimum absolute atomic E-state index is 0.0224. The highest BCUT2D eigenvalue weighted by Crippen LogP contribution is 2.40. The van der Waals surface area contributed by atoms with Crippen LogP contribution in [-0.2, 0) is 9.47 Å². The Balaban J connectivity index is 1.04. The zero-order chi connectivity index (χ0) is 29.6. The average molecular weight is 576 g/mol. The number of likely N-dealkylation sites (tertiary alicyclic amines) is 1. The lowest BCUT2D eigenvalue weighted by Gasteiger charge is -2.44. The van der Waals surface area contributed by atoms with E-state index in [1.54, 1.807) is 30.1 Å². The van der Waals surface area contributed by atoms with Crippen molar-refractivity contribution < 1.29 is 19.1 Å². The summed E-state index contributed by atoms with van der Waals surface area (Å²) in [7, 11) is 3.55. The summed E-state index contributed by atoms with van der Waals surface area (Å²) in [6, 6.07) is 6.23. The molecule has 3 aromatic heterocycles. The maximum absolute atomic E-state index is 13.0. The first-order valence-electron chi connectivity index (χ1n) is 15.0. The highest BCUT2D eigenvalue weighted by atomic mass is 16.6. The number of pyridine rings is 1. The molecule has 1 N–H and O–H groups in total. The molecular formula is C31H41N7O4. The molecular weight excluding hydrogens is 534 g/mol. The van der Waals surface area contributed by atoms with Crippen LogP contribution in [-0.4, -0.2) is 86.3 Å². The van der Waals surface area contributed by atoms with Crippen LogP contribution in [0.3, 0.4) is 0 Å². The molecule has 1 aliphatic heterocycles. The van der Waals surface area contributed by atoms with Gasteiger partial charge in [-0.25, -0.2) is 14.8 Å². The third-order valence-electron chi connectivity index (χ3n) is 8.37. The summed E-state index contributed by atoms with van der Waals surface area (Å²) in [5, 5.41) is 4.11. The van der Waals surface area contributed by atoms with Gasteiger partial charge in [-0.15, -0.1) is 0 Å². The number of ether oxygens (including phenoxy) is 2. The molecule has 6 rings (SSSR count). The Labute approximate surface area is 246 Å². The van der Waals surface area contributed by atoms with E-state index in [4.69, 9.17) is 14.5 Å². The second kappa shape index (κ2) is 11.2. The van der Waals surface area contributed by atoms with E-state index in [9.17, 15) is 9.59 Å². The summed E-state index contributed by atoms with van der Waals surface area (Å²) in [5.74, 6) is 1.52. The Morgan fingerprint density at radius 2 is 1.76 bits per heavy atom. The van der Waals surface area contributed by atoms with Crippen LogP contribution in [0.5, 0.6) is 0 Å². The van der Waals surface area contributed by atoms with Gasteiger partial charge in [0.1, 0.15) is 22.8 Å². The second-order valence-electron chi connectivity index (χ2n) is 13.0. The van der Waals surface area contributed by atoms with Crippen LogP contribution in [0.2, 0.25) is 0 Å². The fourth-order valence-electron chi connectivity index (χ4n) is 6.05. The highest BCUT2D eigenvalue weighted by Gasteiger charge is 2.39. The van der Waals surface area contributed by atoms with Crippen LogP contribution in [0, 0.1) is 0 Å². The minimum atomic E-state index is -0.483. The Bertz CT molecular complexity index is 1440. The zero-order valence-corrected chi connectivity index (χ0v) is 25.2. The maximum atomic E-state index is 13.0. The number of amides is 2. The van der Waals surface area contributed by atoms with Crippen molar-refractivity contribution >= 4 is 34.8 Å². The Morgan fingerprint density at radius 3 is 2.40 bits per heavy atom. The fourth-order valence-corrected chi connectivity index (χ4v) is 6.05. The van der Waals surface area contributed by atoms with Gasteiger partial charge >= 0.3 is 6.09 Å². The Morgan fingerprint density at radius 1 is 1.02 bits per heavy atom. The standard InChI is InChI=1S/C31H41N7O4/c1-31(2,3)42-30(40)37-17-24(18-37)41-23-12-20(13-23)19-10-11-26(32-15-19)34-29-33-16-21-14-25(28(39)36(4)5)38(27(21)35-29)22-8-6-7-9-22/h10-11,14-16,20,22-24H,6-9,12-13,17-18H2,1-5H3,(H,32,33,34,35). The zero-order valence-electron chi connectivity index (χ0n) is 25.2. The van der Waals surface area contributed by atoms with E-state index in [-0.39, 0.29) is 30.3 Å². The molecule has 0 radical (unpaired) electrons. The largest absolute Gasteiger partial charge is 0.444 e. The molecule has 0 aromatic carbocycles. The highest BCUT2D eigenvalue weighted by molar-refractivity contribution is 5.97. The first-order chi connectivity index (χ1) is 20.0. The van der Waals surface area contributed by atoms with Gasteiger partial charge in [-0.1, -0.05) is 18.9 Å². The molecule has 1 saturated heterocycles. The molecule has 3 aliphatic rings. The summed E-state index contributed by atoms with van der Waals surface area (Å²) < 4.78 is 13.7.